The Hall–Kier alpha value is -2.70. The van der Waals surface area contributed by atoms with Crippen molar-refractivity contribution in [1.82, 2.24) is 14.5 Å². The Morgan fingerprint density at radius 3 is 2.76 bits per heavy atom. The number of nitrogens with one attached hydrogen (secondary N) is 1. The van der Waals surface area contributed by atoms with Gasteiger partial charge in [-0.15, -0.1) is 11.3 Å². The van der Waals surface area contributed by atoms with Gasteiger partial charge in [-0.25, -0.2) is 9.97 Å². The van der Waals surface area contributed by atoms with Gasteiger partial charge in [0.25, 0.3) is 5.91 Å². The van der Waals surface area contributed by atoms with E-state index in [1.165, 1.54) is 11.3 Å². The van der Waals surface area contributed by atoms with E-state index >= 15 is 0 Å². The summed E-state index contributed by atoms with van der Waals surface area (Å²) in [6, 6.07) is 15.0. The minimum atomic E-state index is -0.126. The molecule has 0 aliphatic heterocycles. The average molecular weight is 369 g/mol. The molecule has 2 heterocycles. The molecule has 4 rings (SSSR count). The van der Waals surface area contributed by atoms with Crippen LogP contribution in [-0.2, 0) is 6.54 Å². The van der Waals surface area contributed by atoms with Crippen molar-refractivity contribution in [3.63, 3.8) is 0 Å². The van der Waals surface area contributed by atoms with Gasteiger partial charge in [-0.2, -0.15) is 0 Å². The lowest BCUT2D eigenvalue weighted by Crippen LogP contribution is -2.13. The highest BCUT2D eigenvalue weighted by Crippen LogP contribution is 2.22. The molecule has 0 aliphatic rings. The molecule has 0 unspecified atom stereocenters. The van der Waals surface area contributed by atoms with Gasteiger partial charge >= 0.3 is 0 Å². The fourth-order valence-corrected chi connectivity index (χ4v) is 3.54. The van der Waals surface area contributed by atoms with Crippen molar-refractivity contribution >= 4 is 45.6 Å². The third-order valence-corrected chi connectivity index (χ3v) is 4.92. The first kappa shape index (κ1) is 15.8. The zero-order valence-electron chi connectivity index (χ0n) is 13.0. The second-order valence-corrected chi connectivity index (χ2v) is 7.08. The molecule has 4 aromatic rings. The summed E-state index contributed by atoms with van der Waals surface area (Å²) in [5, 5.41) is 3.29. The number of para-hydroxylation sites is 3. The van der Waals surface area contributed by atoms with Gasteiger partial charge in [0, 0.05) is 16.8 Å². The molecule has 0 fully saturated rings. The summed E-state index contributed by atoms with van der Waals surface area (Å²) in [6.07, 6.45) is 3.29. The maximum atomic E-state index is 13.0. The van der Waals surface area contributed by atoms with Crippen molar-refractivity contribution in [3.8, 4) is 0 Å². The van der Waals surface area contributed by atoms with Gasteiger partial charge in [0.2, 0.25) is 0 Å². The first-order valence-electron chi connectivity index (χ1n) is 7.62. The van der Waals surface area contributed by atoms with Crippen LogP contribution in [0, 0.1) is 0 Å². The van der Waals surface area contributed by atoms with Crippen LogP contribution in [0.25, 0.3) is 11.0 Å². The fraction of sp³-hybridized carbons (Fsp3) is 0.0556. The van der Waals surface area contributed by atoms with Crippen LogP contribution in [0.3, 0.4) is 0 Å². The van der Waals surface area contributed by atoms with Crippen LogP contribution >= 0.6 is 22.9 Å². The number of nitrogens with zero attached hydrogens (tertiary/aromatic N) is 3. The number of aromatic nitrogens is 3. The number of hydrogen-bond acceptors (Lipinski definition) is 5. The molecule has 0 aliphatic carbocycles. The van der Waals surface area contributed by atoms with Crippen LogP contribution in [0.1, 0.15) is 15.2 Å². The van der Waals surface area contributed by atoms with Crippen molar-refractivity contribution in [2.45, 2.75) is 6.54 Å². The highest BCUT2D eigenvalue weighted by Gasteiger charge is 2.15. The van der Waals surface area contributed by atoms with E-state index in [1.807, 2.05) is 42.5 Å². The Kier molecular flexibility index (Phi) is 4.21. The van der Waals surface area contributed by atoms with Crippen LogP contribution in [0.4, 0.5) is 5.69 Å². The number of halogens is 1. The molecule has 0 bridgehead atoms. The maximum Gasteiger partial charge on any atom is 0.265 e. The summed E-state index contributed by atoms with van der Waals surface area (Å²) in [7, 11) is 0. The summed E-state index contributed by atoms with van der Waals surface area (Å²) in [5.74, 6) is -0.126. The number of thiazole rings is 1. The Balaban J connectivity index is 1.65. The summed E-state index contributed by atoms with van der Waals surface area (Å²) in [4.78, 5) is 22.3. The lowest BCUT2D eigenvalue weighted by atomic mass is 10.1. The Labute approximate surface area is 152 Å². The van der Waals surface area contributed by atoms with E-state index in [1.54, 1.807) is 23.2 Å². The number of benzene rings is 2. The molecule has 5 nitrogen and oxygen atoms in total. The molecule has 0 spiro atoms. The lowest BCUT2D eigenvalue weighted by molar-refractivity contribution is 0.0965. The second-order valence-electron chi connectivity index (χ2n) is 5.39. The SMILES string of the molecule is O=C(c1ccccc1NCc1cnc(Cl)s1)n1cnc2ccccc21. The number of imidazole rings is 1. The summed E-state index contributed by atoms with van der Waals surface area (Å²) < 4.78 is 2.07. The predicted molar refractivity (Wildman–Crippen MR) is 100 cm³/mol. The molecule has 0 radical (unpaired) electrons. The van der Waals surface area contributed by atoms with E-state index < -0.39 is 0 Å². The van der Waals surface area contributed by atoms with Gasteiger partial charge < -0.3 is 5.32 Å². The lowest BCUT2D eigenvalue weighted by Gasteiger charge is -2.11. The number of fused-ring (bicyclic) bond motifs is 1. The third-order valence-electron chi connectivity index (χ3n) is 3.81. The minimum Gasteiger partial charge on any atom is -0.379 e. The van der Waals surface area contributed by atoms with Crippen LogP contribution in [0.15, 0.2) is 61.1 Å². The number of rotatable bonds is 4. The van der Waals surface area contributed by atoms with Crippen LogP contribution in [0.5, 0.6) is 0 Å². The van der Waals surface area contributed by atoms with Crippen LogP contribution in [0.2, 0.25) is 4.47 Å². The highest BCUT2D eigenvalue weighted by atomic mass is 35.5. The zero-order chi connectivity index (χ0) is 17.2. The van der Waals surface area contributed by atoms with Crippen molar-refractivity contribution in [2.24, 2.45) is 0 Å². The molecule has 7 heteroatoms. The fourth-order valence-electron chi connectivity index (χ4n) is 2.62. The maximum absolute atomic E-state index is 13.0. The van der Waals surface area contributed by atoms with Gasteiger partial charge in [0.05, 0.1) is 23.1 Å². The van der Waals surface area contributed by atoms with Gasteiger partial charge in [0.1, 0.15) is 6.33 Å². The number of anilines is 1. The van der Waals surface area contributed by atoms with E-state index in [0.717, 1.165) is 21.6 Å². The van der Waals surface area contributed by atoms with Gasteiger partial charge in [-0.3, -0.25) is 9.36 Å². The smallest absolute Gasteiger partial charge is 0.265 e. The van der Waals surface area contributed by atoms with Crippen LogP contribution in [-0.4, -0.2) is 20.4 Å². The summed E-state index contributed by atoms with van der Waals surface area (Å²) >= 11 is 7.27. The Morgan fingerprint density at radius 2 is 1.92 bits per heavy atom. The normalized spacial score (nSPS) is 10.9. The van der Waals surface area contributed by atoms with E-state index in [0.29, 0.717) is 16.6 Å². The Morgan fingerprint density at radius 1 is 1.12 bits per heavy atom. The quantitative estimate of drug-likeness (QED) is 0.578. The Bertz CT molecular complexity index is 1060. The van der Waals surface area contributed by atoms with E-state index in [2.05, 4.69) is 15.3 Å². The molecule has 2 aromatic carbocycles. The van der Waals surface area contributed by atoms with Crippen molar-refractivity contribution in [1.29, 1.82) is 0 Å². The number of carbonyl (C=O) groups excluding carboxylic acids is 1. The molecule has 124 valence electrons. The third kappa shape index (κ3) is 3.14. The molecule has 0 saturated heterocycles. The first-order valence-corrected chi connectivity index (χ1v) is 8.82. The highest BCUT2D eigenvalue weighted by molar-refractivity contribution is 7.15. The summed E-state index contributed by atoms with van der Waals surface area (Å²) in [6.45, 7) is 0.555. The first-order chi connectivity index (χ1) is 12.2. The van der Waals surface area contributed by atoms with Crippen LogP contribution < -0.4 is 5.32 Å². The minimum absolute atomic E-state index is 0.126. The number of carbonyl (C=O) groups is 1. The van der Waals surface area contributed by atoms with Gasteiger partial charge in [-0.05, 0) is 24.3 Å². The standard InChI is InChI=1S/C18H13ClN4OS/c19-18-21-10-12(25-18)9-20-14-6-2-1-5-13(14)17(24)23-11-22-15-7-3-4-8-16(15)23/h1-8,10-11,20H,9H2. The predicted octanol–water partition coefficient (Wildman–Crippen LogP) is 4.45. The number of hydrogen-bond donors (Lipinski definition) is 1. The summed E-state index contributed by atoms with van der Waals surface area (Å²) in [5.41, 5.74) is 2.92. The molecule has 1 N–H and O–H groups in total. The van der Waals surface area contributed by atoms with E-state index in [4.69, 9.17) is 11.6 Å². The average Bonchev–Trinajstić information content (AvgIpc) is 3.26. The molecule has 0 amide bonds. The topological polar surface area (TPSA) is 59.8 Å². The second kappa shape index (κ2) is 6.66. The van der Waals surface area contributed by atoms with Crippen molar-refractivity contribution in [2.75, 3.05) is 5.32 Å². The largest absolute Gasteiger partial charge is 0.379 e. The van der Waals surface area contributed by atoms with Crippen molar-refractivity contribution < 1.29 is 4.79 Å². The van der Waals surface area contributed by atoms with E-state index in [9.17, 15) is 4.79 Å². The van der Waals surface area contributed by atoms with Gasteiger partial charge in [-0.1, -0.05) is 35.9 Å². The monoisotopic (exact) mass is 368 g/mol. The zero-order valence-corrected chi connectivity index (χ0v) is 14.6. The molecule has 0 saturated carbocycles. The molecular formula is C18H13ClN4OS. The van der Waals surface area contributed by atoms with Gasteiger partial charge in [0.15, 0.2) is 4.47 Å². The molecule has 2 aromatic heterocycles. The van der Waals surface area contributed by atoms with Crippen molar-refractivity contribution in [3.05, 3.63) is 76.0 Å². The molecule has 0 atom stereocenters. The van der Waals surface area contributed by atoms with E-state index in [-0.39, 0.29) is 5.91 Å². The molecule has 25 heavy (non-hydrogen) atoms. The molecular weight excluding hydrogens is 356 g/mol.